The van der Waals surface area contributed by atoms with Gasteiger partial charge in [0.05, 0.1) is 22.5 Å². The highest BCUT2D eigenvalue weighted by molar-refractivity contribution is 6.36. The number of amides is 2. The molecule has 0 radical (unpaired) electrons. The van der Waals surface area contributed by atoms with Crippen LogP contribution in [0.5, 0.6) is 0 Å². The van der Waals surface area contributed by atoms with Crippen LogP contribution in [0.2, 0.25) is 5.02 Å². The van der Waals surface area contributed by atoms with Crippen molar-refractivity contribution in [3.05, 3.63) is 29.3 Å². The standard InChI is InChI=1S/C11H9ClN2O2/c12-5-3-1-2-4-6(5)14-10(15)7-8(9(7)13)11(14)16/h1-4,7-9H,13H2. The predicted molar refractivity (Wildman–Crippen MR) is 58.9 cm³/mol. The molecule has 4 nitrogen and oxygen atoms in total. The minimum atomic E-state index is -0.330. The summed E-state index contributed by atoms with van der Waals surface area (Å²) in [4.78, 5) is 24.9. The number of hydrogen-bond donors (Lipinski definition) is 1. The molecule has 2 unspecified atom stereocenters. The third-order valence-corrected chi connectivity index (χ3v) is 3.50. The van der Waals surface area contributed by atoms with Crippen molar-refractivity contribution in [3.63, 3.8) is 0 Å². The van der Waals surface area contributed by atoms with Crippen LogP contribution in [-0.4, -0.2) is 17.9 Å². The smallest absolute Gasteiger partial charge is 0.239 e. The number of carbonyl (C=O) groups is 2. The van der Waals surface area contributed by atoms with Gasteiger partial charge in [-0.1, -0.05) is 23.7 Å². The normalized spacial score (nSPS) is 31.9. The zero-order valence-corrected chi connectivity index (χ0v) is 9.02. The predicted octanol–water partition coefficient (Wildman–Crippen LogP) is 0.786. The molecule has 1 aromatic rings. The number of piperidine rings is 1. The quantitative estimate of drug-likeness (QED) is 0.734. The highest BCUT2D eigenvalue weighted by atomic mass is 35.5. The van der Waals surface area contributed by atoms with Crippen LogP contribution in [0.15, 0.2) is 24.3 Å². The number of fused-ring (bicyclic) bond motifs is 1. The number of rotatable bonds is 1. The van der Waals surface area contributed by atoms with Gasteiger partial charge in [-0.3, -0.25) is 9.59 Å². The van der Waals surface area contributed by atoms with Gasteiger partial charge in [-0.25, -0.2) is 4.90 Å². The molecular formula is C11H9ClN2O2. The summed E-state index contributed by atoms with van der Waals surface area (Å²) < 4.78 is 0. The molecule has 2 fully saturated rings. The van der Waals surface area contributed by atoms with Crippen LogP contribution >= 0.6 is 11.6 Å². The van der Waals surface area contributed by atoms with E-state index in [4.69, 9.17) is 17.3 Å². The molecule has 0 bridgehead atoms. The number of imide groups is 1. The second kappa shape index (κ2) is 3.06. The monoisotopic (exact) mass is 236 g/mol. The molecular weight excluding hydrogens is 228 g/mol. The van der Waals surface area contributed by atoms with Crippen molar-refractivity contribution in [2.45, 2.75) is 6.04 Å². The zero-order chi connectivity index (χ0) is 11.4. The molecule has 3 rings (SSSR count). The van der Waals surface area contributed by atoms with Crippen molar-refractivity contribution in [2.24, 2.45) is 17.6 Å². The van der Waals surface area contributed by atoms with E-state index < -0.39 is 0 Å². The fourth-order valence-corrected chi connectivity index (χ4v) is 2.47. The van der Waals surface area contributed by atoms with E-state index in [1.54, 1.807) is 24.3 Å². The molecule has 2 amide bonds. The van der Waals surface area contributed by atoms with E-state index in [2.05, 4.69) is 0 Å². The van der Waals surface area contributed by atoms with Crippen LogP contribution in [0.25, 0.3) is 0 Å². The van der Waals surface area contributed by atoms with Gasteiger partial charge in [0, 0.05) is 6.04 Å². The molecule has 82 valence electrons. The molecule has 2 atom stereocenters. The average molecular weight is 237 g/mol. The number of carbonyl (C=O) groups excluding carboxylic acids is 2. The first-order valence-electron chi connectivity index (χ1n) is 5.01. The summed E-state index contributed by atoms with van der Waals surface area (Å²) in [5.41, 5.74) is 6.09. The first-order valence-corrected chi connectivity index (χ1v) is 5.38. The molecule has 2 aliphatic rings. The van der Waals surface area contributed by atoms with Gasteiger partial charge >= 0.3 is 0 Å². The molecule has 1 saturated carbocycles. The lowest BCUT2D eigenvalue weighted by atomic mass is 10.2. The number of nitrogens with two attached hydrogens (primary N) is 1. The maximum absolute atomic E-state index is 11.9. The molecule has 16 heavy (non-hydrogen) atoms. The Bertz CT molecular complexity index is 481. The SMILES string of the molecule is NC1C2C(=O)N(c3ccccc3Cl)C(=O)C12. The van der Waals surface area contributed by atoms with E-state index in [-0.39, 0.29) is 29.7 Å². The minimum Gasteiger partial charge on any atom is -0.326 e. The molecule has 5 heteroatoms. The van der Waals surface area contributed by atoms with Crippen molar-refractivity contribution in [1.29, 1.82) is 0 Å². The van der Waals surface area contributed by atoms with Crippen molar-refractivity contribution >= 4 is 29.1 Å². The van der Waals surface area contributed by atoms with Gasteiger partial charge in [0.1, 0.15) is 0 Å². The number of hydrogen-bond acceptors (Lipinski definition) is 3. The van der Waals surface area contributed by atoms with Crippen LogP contribution in [0.4, 0.5) is 5.69 Å². The fraction of sp³-hybridized carbons (Fsp3) is 0.273. The molecule has 0 spiro atoms. The zero-order valence-electron chi connectivity index (χ0n) is 8.26. The first kappa shape index (κ1) is 9.81. The largest absolute Gasteiger partial charge is 0.326 e. The highest BCUT2D eigenvalue weighted by Gasteiger charge is 2.66. The Kier molecular flexibility index (Phi) is 1.87. The Morgan fingerprint density at radius 1 is 1.12 bits per heavy atom. The minimum absolute atomic E-state index is 0.226. The molecule has 1 aromatic carbocycles. The van der Waals surface area contributed by atoms with Gasteiger partial charge in [0.15, 0.2) is 0 Å². The van der Waals surface area contributed by atoms with E-state index >= 15 is 0 Å². The van der Waals surface area contributed by atoms with Crippen molar-refractivity contribution in [2.75, 3.05) is 4.90 Å². The molecule has 2 N–H and O–H groups in total. The van der Waals surface area contributed by atoms with Crippen molar-refractivity contribution in [1.82, 2.24) is 0 Å². The van der Waals surface area contributed by atoms with Crippen molar-refractivity contribution in [3.8, 4) is 0 Å². The van der Waals surface area contributed by atoms with Gasteiger partial charge < -0.3 is 5.73 Å². The third kappa shape index (κ3) is 1.08. The Morgan fingerprint density at radius 2 is 1.69 bits per heavy atom. The lowest BCUT2D eigenvalue weighted by molar-refractivity contribution is -0.123. The second-order valence-electron chi connectivity index (χ2n) is 4.09. The average Bonchev–Trinajstić information content (AvgIpc) is 2.84. The summed E-state index contributed by atoms with van der Waals surface area (Å²) in [6.07, 6.45) is 0. The van der Waals surface area contributed by atoms with E-state index in [0.29, 0.717) is 10.7 Å². The number of benzene rings is 1. The Morgan fingerprint density at radius 3 is 2.25 bits per heavy atom. The number of nitrogens with zero attached hydrogens (tertiary/aromatic N) is 1. The van der Waals surface area contributed by atoms with Crippen LogP contribution in [-0.2, 0) is 9.59 Å². The molecule has 1 saturated heterocycles. The number of para-hydroxylation sites is 1. The maximum Gasteiger partial charge on any atom is 0.239 e. The van der Waals surface area contributed by atoms with E-state index in [1.165, 1.54) is 0 Å². The first-order chi connectivity index (χ1) is 7.63. The summed E-state index contributed by atoms with van der Waals surface area (Å²) in [5, 5.41) is 0.402. The summed E-state index contributed by atoms with van der Waals surface area (Å²) in [6, 6.07) is 6.52. The van der Waals surface area contributed by atoms with Crippen LogP contribution in [0.3, 0.4) is 0 Å². The number of halogens is 1. The fourth-order valence-electron chi connectivity index (χ4n) is 2.25. The lowest BCUT2D eigenvalue weighted by Crippen LogP contribution is -2.37. The summed E-state index contributed by atoms with van der Waals surface area (Å²) >= 11 is 5.96. The van der Waals surface area contributed by atoms with E-state index in [0.717, 1.165) is 4.90 Å². The van der Waals surface area contributed by atoms with E-state index in [9.17, 15) is 9.59 Å². The third-order valence-electron chi connectivity index (χ3n) is 3.18. The van der Waals surface area contributed by atoms with Crippen LogP contribution in [0.1, 0.15) is 0 Å². The summed E-state index contributed by atoms with van der Waals surface area (Å²) in [6.45, 7) is 0. The maximum atomic E-state index is 11.9. The molecule has 1 aliphatic carbocycles. The van der Waals surface area contributed by atoms with Gasteiger partial charge in [-0.2, -0.15) is 0 Å². The lowest BCUT2D eigenvalue weighted by Gasteiger charge is -2.18. The van der Waals surface area contributed by atoms with E-state index in [1.807, 2.05) is 0 Å². The summed E-state index contributed by atoms with van der Waals surface area (Å²) in [7, 11) is 0. The van der Waals surface area contributed by atoms with Gasteiger partial charge in [0.2, 0.25) is 11.8 Å². The van der Waals surface area contributed by atoms with Gasteiger partial charge in [-0.15, -0.1) is 0 Å². The number of anilines is 1. The Balaban J connectivity index is 2.02. The highest BCUT2D eigenvalue weighted by Crippen LogP contribution is 2.48. The Labute approximate surface area is 97.0 Å². The summed E-state index contributed by atoms with van der Waals surface area (Å²) in [5.74, 6) is -1.11. The second-order valence-corrected chi connectivity index (χ2v) is 4.50. The van der Waals surface area contributed by atoms with Crippen molar-refractivity contribution < 1.29 is 9.59 Å². The molecule has 1 heterocycles. The Hall–Kier alpha value is -1.39. The topological polar surface area (TPSA) is 63.4 Å². The molecule has 1 aliphatic heterocycles. The van der Waals surface area contributed by atoms with Crippen LogP contribution < -0.4 is 10.6 Å². The molecule has 0 aromatic heterocycles. The van der Waals surface area contributed by atoms with Gasteiger partial charge in [-0.05, 0) is 12.1 Å². The van der Waals surface area contributed by atoms with Crippen LogP contribution in [0, 0.1) is 11.8 Å². The van der Waals surface area contributed by atoms with Gasteiger partial charge in [0.25, 0.3) is 0 Å².